The quantitative estimate of drug-likeness (QED) is 0.306. The number of benzene rings is 1. The maximum atomic E-state index is 14.0. The molecule has 31 heavy (non-hydrogen) atoms. The van der Waals surface area contributed by atoms with Crippen molar-refractivity contribution in [3.8, 4) is 0 Å². The summed E-state index contributed by atoms with van der Waals surface area (Å²) in [6.07, 6.45) is 2.74. The van der Waals surface area contributed by atoms with Gasteiger partial charge in [-0.25, -0.2) is 14.4 Å². The van der Waals surface area contributed by atoms with E-state index in [2.05, 4.69) is 20.5 Å². The highest BCUT2D eigenvalue weighted by atomic mass is 127. The minimum Gasteiger partial charge on any atom is -0.357 e. The first-order valence-corrected chi connectivity index (χ1v) is 10.7. The molecule has 1 saturated heterocycles. The number of anilines is 1. The van der Waals surface area contributed by atoms with Gasteiger partial charge in [0.15, 0.2) is 5.96 Å². The Morgan fingerprint density at radius 2 is 2.16 bits per heavy atom. The van der Waals surface area contributed by atoms with E-state index in [9.17, 15) is 4.39 Å². The molecule has 6 nitrogen and oxygen atoms in total. The van der Waals surface area contributed by atoms with Crippen LogP contribution in [-0.2, 0) is 13.1 Å². The van der Waals surface area contributed by atoms with Gasteiger partial charge in [0.1, 0.15) is 11.6 Å². The Hall–Kier alpha value is -1.65. The van der Waals surface area contributed by atoms with Crippen molar-refractivity contribution in [2.75, 3.05) is 38.6 Å². The predicted octanol–water partition coefficient (Wildman–Crippen LogP) is 3.89. The van der Waals surface area contributed by atoms with Crippen LogP contribution in [-0.4, -0.2) is 55.6 Å². The lowest BCUT2D eigenvalue weighted by atomic mass is 10.1. The Bertz CT molecular complexity index is 879. The largest absolute Gasteiger partial charge is 0.357 e. The number of hydrogen-bond donors (Lipinski definition) is 2. The van der Waals surface area contributed by atoms with Gasteiger partial charge in [0.2, 0.25) is 0 Å². The number of nitrogens with one attached hydrogen (secondary N) is 2. The van der Waals surface area contributed by atoms with E-state index in [1.807, 2.05) is 44.1 Å². The smallest absolute Gasteiger partial charge is 0.191 e. The summed E-state index contributed by atoms with van der Waals surface area (Å²) in [7, 11) is 3.86. The number of nitrogens with zero attached hydrogens (tertiary/aromatic N) is 4. The molecule has 0 amide bonds. The molecule has 3 rings (SSSR count). The minimum atomic E-state index is -0.180. The van der Waals surface area contributed by atoms with Gasteiger partial charge in [-0.1, -0.05) is 17.7 Å². The molecular formula is C22H31ClFIN6. The number of guanidine groups is 1. The standard InChI is InChI=1S/C22H30ClFN6.HI/c1-4-25-22(27-13-16-7-8-20(24)17(12-16)14-29(2)3)28-18-9-11-30(15-18)21-19(23)6-5-10-26-21;/h5-8,10,12,18H,4,9,11,13-15H2,1-3H3,(H2,25,27,28);1H. The van der Waals surface area contributed by atoms with E-state index < -0.39 is 0 Å². The molecule has 1 fully saturated rings. The van der Waals surface area contributed by atoms with Crippen molar-refractivity contribution < 1.29 is 4.39 Å². The van der Waals surface area contributed by atoms with Gasteiger partial charge in [-0.3, -0.25) is 0 Å². The molecule has 2 heterocycles. The maximum Gasteiger partial charge on any atom is 0.191 e. The Balaban J connectivity index is 0.00000341. The molecule has 170 valence electrons. The second-order valence-electron chi connectivity index (χ2n) is 7.74. The normalized spacial score (nSPS) is 16.4. The fraction of sp³-hybridized carbons (Fsp3) is 0.455. The molecule has 1 atom stereocenters. The van der Waals surface area contributed by atoms with E-state index in [0.29, 0.717) is 23.7 Å². The fourth-order valence-electron chi connectivity index (χ4n) is 3.55. The molecule has 2 N–H and O–H groups in total. The fourth-order valence-corrected chi connectivity index (χ4v) is 3.79. The van der Waals surface area contributed by atoms with Crippen molar-refractivity contribution >= 4 is 47.4 Å². The third-order valence-electron chi connectivity index (χ3n) is 4.93. The van der Waals surface area contributed by atoms with Crippen LogP contribution in [0.4, 0.5) is 10.2 Å². The molecule has 9 heteroatoms. The third-order valence-corrected chi connectivity index (χ3v) is 5.22. The average Bonchev–Trinajstić information content (AvgIpc) is 3.17. The molecule has 1 unspecified atom stereocenters. The first kappa shape index (κ1) is 25.6. The average molecular weight is 561 g/mol. The molecule has 0 saturated carbocycles. The van der Waals surface area contributed by atoms with Gasteiger partial charge in [-0.15, -0.1) is 24.0 Å². The van der Waals surface area contributed by atoms with Crippen molar-refractivity contribution in [2.24, 2.45) is 4.99 Å². The van der Waals surface area contributed by atoms with E-state index in [1.54, 1.807) is 12.3 Å². The van der Waals surface area contributed by atoms with Crippen molar-refractivity contribution in [3.05, 3.63) is 58.5 Å². The second-order valence-corrected chi connectivity index (χ2v) is 8.15. The lowest BCUT2D eigenvalue weighted by Crippen LogP contribution is -2.44. The number of aliphatic imine (C=N–C) groups is 1. The summed E-state index contributed by atoms with van der Waals surface area (Å²) < 4.78 is 14.0. The monoisotopic (exact) mass is 560 g/mol. The minimum absolute atomic E-state index is 0. The van der Waals surface area contributed by atoms with E-state index in [1.165, 1.54) is 6.07 Å². The molecule has 1 aromatic carbocycles. The Labute approximate surface area is 206 Å². The van der Waals surface area contributed by atoms with Gasteiger partial charge >= 0.3 is 0 Å². The zero-order valence-electron chi connectivity index (χ0n) is 18.2. The van der Waals surface area contributed by atoms with Crippen LogP contribution in [0.2, 0.25) is 5.02 Å². The zero-order chi connectivity index (χ0) is 21.5. The van der Waals surface area contributed by atoms with Gasteiger partial charge in [0.05, 0.1) is 11.6 Å². The van der Waals surface area contributed by atoms with Gasteiger partial charge in [0, 0.05) is 44.0 Å². The van der Waals surface area contributed by atoms with Crippen LogP contribution >= 0.6 is 35.6 Å². The lowest BCUT2D eigenvalue weighted by Gasteiger charge is -2.20. The molecule has 1 aliphatic rings. The Morgan fingerprint density at radius 1 is 1.35 bits per heavy atom. The first-order valence-electron chi connectivity index (χ1n) is 10.3. The van der Waals surface area contributed by atoms with Crippen molar-refractivity contribution in [3.63, 3.8) is 0 Å². The SMILES string of the molecule is CCNC(=NCc1ccc(F)c(CN(C)C)c1)NC1CCN(c2ncccc2Cl)C1.I. The van der Waals surface area contributed by atoms with Crippen molar-refractivity contribution in [2.45, 2.75) is 32.5 Å². The highest BCUT2D eigenvalue weighted by Gasteiger charge is 2.25. The molecule has 0 aliphatic carbocycles. The number of aromatic nitrogens is 1. The summed E-state index contributed by atoms with van der Waals surface area (Å²) >= 11 is 6.29. The van der Waals surface area contributed by atoms with Crippen LogP contribution in [0, 0.1) is 5.82 Å². The summed E-state index contributed by atoms with van der Waals surface area (Å²) in [5.74, 6) is 1.40. The van der Waals surface area contributed by atoms with Crippen LogP contribution in [0.3, 0.4) is 0 Å². The number of rotatable bonds is 7. The summed E-state index contributed by atoms with van der Waals surface area (Å²) in [6.45, 7) is 5.56. The third kappa shape index (κ3) is 7.47. The van der Waals surface area contributed by atoms with Gasteiger partial charge in [0.25, 0.3) is 0 Å². The van der Waals surface area contributed by atoms with Crippen LogP contribution in [0.1, 0.15) is 24.5 Å². The van der Waals surface area contributed by atoms with Crippen LogP contribution in [0.15, 0.2) is 41.5 Å². The van der Waals surface area contributed by atoms with E-state index in [-0.39, 0.29) is 35.8 Å². The molecule has 1 aromatic heterocycles. The van der Waals surface area contributed by atoms with Crippen molar-refractivity contribution in [1.29, 1.82) is 0 Å². The number of pyridine rings is 1. The van der Waals surface area contributed by atoms with Gasteiger partial charge < -0.3 is 20.4 Å². The molecule has 0 bridgehead atoms. The van der Waals surface area contributed by atoms with Crippen molar-refractivity contribution in [1.82, 2.24) is 20.5 Å². The highest BCUT2D eigenvalue weighted by Crippen LogP contribution is 2.25. The molecule has 0 spiro atoms. The summed E-state index contributed by atoms with van der Waals surface area (Å²) in [5.41, 5.74) is 1.67. The first-order chi connectivity index (χ1) is 14.5. The lowest BCUT2D eigenvalue weighted by molar-refractivity contribution is 0.392. The summed E-state index contributed by atoms with van der Waals surface area (Å²) in [5, 5.41) is 7.48. The topological polar surface area (TPSA) is 55.8 Å². The van der Waals surface area contributed by atoms with Crippen LogP contribution in [0.5, 0.6) is 0 Å². The molecular weight excluding hydrogens is 530 g/mol. The molecule has 0 radical (unpaired) electrons. The van der Waals surface area contributed by atoms with Crippen LogP contribution in [0.25, 0.3) is 0 Å². The highest BCUT2D eigenvalue weighted by molar-refractivity contribution is 14.0. The number of hydrogen-bond acceptors (Lipinski definition) is 4. The predicted molar refractivity (Wildman–Crippen MR) is 137 cm³/mol. The maximum absolute atomic E-state index is 14.0. The Morgan fingerprint density at radius 3 is 2.87 bits per heavy atom. The molecule has 2 aromatic rings. The summed E-state index contributed by atoms with van der Waals surface area (Å²) in [4.78, 5) is 13.3. The van der Waals surface area contributed by atoms with Crippen LogP contribution < -0.4 is 15.5 Å². The number of halogens is 3. The van der Waals surface area contributed by atoms with E-state index in [4.69, 9.17) is 16.6 Å². The van der Waals surface area contributed by atoms with Gasteiger partial charge in [-0.2, -0.15) is 0 Å². The summed E-state index contributed by atoms with van der Waals surface area (Å²) in [6, 6.07) is 9.16. The zero-order valence-corrected chi connectivity index (χ0v) is 21.3. The van der Waals surface area contributed by atoms with E-state index in [0.717, 1.165) is 43.4 Å². The Kier molecular flexibility index (Phi) is 10.2. The van der Waals surface area contributed by atoms with Gasteiger partial charge in [-0.05, 0) is 57.3 Å². The molecule has 1 aliphatic heterocycles. The van der Waals surface area contributed by atoms with E-state index >= 15 is 0 Å². The second kappa shape index (κ2) is 12.4.